The molecule has 15 heavy (non-hydrogen) atoms. The molecule has 1 saturated heterocycles. The van der Waals surface area contributed by atoms with Gasteiger partial charge in [0.15, 0.2) is 0 Å². The summed E-state index contributed by atoms with van der Waals surface area (Å²) in [5, 5.41) is 0. The summed E-state index contributed by atoms with van der Waals surface area (Å²) in [6.45, 7) is 7.96. The number of likely N-dealkylation sites (tertiary alicyclic amines) is 1. The van der Waals surface area contributed by atoms with Crippen LogP contribution in [-0.2, 0) is 9.53 Å². The molecule has 4 heteroatoms. The lowest BCUT2D eigenvalue weighted by molar-refractivity contribution is -0.149. The summed E-state index contributed by atoms with van der Waals surface area (Å²) in [5.74, 6) is 0.402. The van der Waals surface area contributed by atoms with Crippen molar-refractivity contribution in [2.75, 3.05) is 19.7 Å². The predicted molar refractivity (Wildman–Crippen MR) is 59.4 cm³/mol. The van der Waals surface area contributed by atoms with Gasteiger partial charge in [-0.15, -0.1) is 0 Å². The number of hydrogen-bond acceptors (Lipinski definition) is 4. The van der Waals surface area contributed by atoms with Gasteiger partial charge in [0, 0.05) is 12.6 Å². The summed E-state index contributed by atoms with van der Waals surface area (Å²) >= 11 is 0. The topological polar surface area (TPSA) is 55.6 Å². The van der Waals surface area contributed by atoms with Crippen molar-refractivity contribution in [1.29, 1.82) is 0 Å². The molecule has 0 aromatic rings. The minimum absolute atomic E-state index is 0.123. The first-order valence-corrected chi connectivity index (χ1v) is 5.72. The Morgan fingerprint density at radius 1 is 1.67 bits per heavy atom. The number of carbonyl (C=O) groups excluding carboxylic acids is 1. The molecule has 0 saturated carbocycles. The summed E-state index contributed by atoms with van der Waals surface area (Å²) in [6, 6.07) is 0.287. The van der Waals surface area contributed by atoms with E-state index < -0.39 is 0 Å². The van der Waals surface area contributed by atoms with Crippen LogP contribution in [0.15, 0.2) is 0 Å². The van der Waals surface area contributed by atoms with Crippen LogP contribution in [0, 0.1) is 5.92 Å². The molecule has 88 valence electrons. The Bertz CT molecular complexity index is 221. The van der Waals surface area contributed by atoms with Gasteiger partial charge in [-0.25, -0.2) is 0 Å². The number of hydrogen-bond donors (Lipinski definition) is 1. The van der Waals surface area contributed by atoms with Crippen molar-refractivity contribution in [1.82, 2.24) is 4.90 Å². The molecule has 1 aliphatic heterocycles. The molecule has 3 atom stereocenters. The van der Waals surface area contributed by atoms with Crippen LogP contribution in [0.5, 0.6) is 0 Å². The SMILES string of the molecule is CCOC(=O)C(C)N1CC(CN)CC1C. The molecular weight excluding hydrogens is 192 g/mol. The van der Waals surface area contributed by atoms with Crippen LogP contribution in [0.1, 0.15) is 27.2 Å². The molecule has 1 aliphatic rings. The first-order chi connectivity index (χ1) is 7.10. The Kier molecular flexibility index (Phi) is 4.54. The largest absolute Gasteiger partial charge is 0.465 e. The fourth-order valence-electron chi connectivity index (χ4n) is 2.28. The van der Waals surface area contributed by atoms with Gasteiger partial charge in [0.2, 0.25) is 0 Å². The minimum Gasteiger partial charge on any atom is -0.465 e. The standard InChI is InChI=1S/C11H22N2O2/c1-4-15-11(14)9(3)13-7-10(6-12)5-8(13)2/h8-10H,4-7,12H2,1-3H3. The van der Waals surface area contributed by atoms with E-state index in [-0.39, 0.29) is 12.0 Å². The first-order valence-electron chi connectivity index (χ1n) is 5.72. The second-order valence-electron chi connectivity index (χ2n) is 4.31. The number of ether oxygens (including phenoxy) is 1. The van der Waals surface area contributed by atoms with Crippen LogP contribution in [0.2, 0.25) is 0 Å². The number of nitrogens with zero attached hydrogens (tertiary/aromatic N) is 1. The summed E-state index contributed by atoms with van der Waals surface area (Å²) in [6.07, 6.45) is 1.08. The van der Waals surface area contributed by atoms with E-state index in [4.69, 9.17) is 10.5 Å². The van der Waals surface area contributed by atoms with Crippen LogP contribution < -0.4 is 5.73 Å². The molecule has 2 N–H and O–H groups in total. The normalized spacial score (nSPS) is 29.1. The number of rotatable bonds is 4. The van der Waals surface area contributed by atoms with Crippen molar-refractivity contribution in [2.45, 2.75) is 39.3 Å². The van der Waals surface area contributed by atoms with E-state index in [1.807, 2.05) is 13.8 Å². The van der Waals surface area contributed by atoms with Gasteiger partial charge in [-0.2, -0.15) is 0 Å². The molecule has 0 aliphatic carbocycles. The van der Waals surface area contributed by atoms with E-state index in [9.17, 15) is 4.79 Å². The Morgan fingerprint density at radius 2 is 2.33 bits per heavy atom. The first kappa shape index (κ1) is 12.5. The Labute approximate surface area is 91.8 Å². The molecule has 0 bridgehead atoms. The smallest absolute Gasteiger partial charge is 0.323 e. The highest BCUT2D eigenvalue weighted by Crippen LogP contribution is 2.24. The van der Waals surface area contributed by atoms with Gasteiger partial charge in [0.05, 0.1) is 6.61 Å². The van der Waals surface area contributed by atoms with E-state index in [1.165, 1.54) is 0 Å². The quantitative estimate of drug-likeness (QED) is 0.697. The third-order valence-electron chi connectivity index (χ3n) is 3.17. The maximum absolute atomic E-state index is 11.6. The lowest BCUT2D eigenvalue weighted by atomic mass is 10.1. The zero-order valence-electron chi connectivity index (χ0n) is 9.90. The third kappa shape index (κ3) is 2.92. The molecule has 0 amide bonds. The average Bonchev–Trinajstić information content (AvgIpc) is 2.59. The van der Waals surface area contributed by atoms with Gasteiger partial charge in [-0.3, -0.25) is 9.69 Å². The maximum atomic E-state index is 11.6. The molecular formula is C11H22N2O2. The van der Waals surface area contributed by atoms with Gasteiger partial charge >= 0.3 is 5.97 Å². The number of carbonyl (C=O) groups is 1. The summed E-state index contributed by atoms with van der Waals surface area (Å²) in [5.41, 5.74) is 5.65. The third-order valence-corrected chi connectivity index (χ3v) is 3.17. The van der Waals surface area contributed by atoms with Gasteiger partial charge in [0.25, 0.3) is 0 Å². The van der Waals surface area contributed by atoms with Crippen molar-refractivity contribution in [3.63, 3.8) is 0 Å². The van der Waals surface area contributed by atoms with Crippen molar-refractivity contribution < 1.29 is 9.53 Å². The van der Waals surface area contributed by atoms with Crippen molar-refractivity contribution >= 4 is 5.97 Å². The molecule has 3 unspecified atom stereocenters. The van der Waals surface area contributed by atoms with Gasteiger partial charge in [0.1, 0.15) is 6.04 Å². The molecule has 0 spiro atoms. The van der Waals surface area contributed by atoms with Gasteiger partial charge in [-0.1, -0.05) is 0 Å². The monoisotopic (exact) mass is 214 g/mol. The molecule has 1 fully saturated rings. The molecule has 1 heterocycles. The molecule has 4 nitrogen and oxygen atoms in total. The van der Waals surface area contributed by atoms with Crippen LogP contribution in [0.3, 0.4) is 0 Å². The van der Waals surface area contributed by atoms with Crippen LogP contribution in [-0.4, -0.2) is 42.6 Å². The van der Waals surface area contributed by atoms with Crippen LogP contribution in [0.4, 0.5) is 0 Å². The Hall–Kier alpha value is -0.610. The van der Waals surface area contributed by atoms with Gasteiger partial charge < -0.3 is 10.5 Å². The summed E-state index contributed by atoms with van der Waals surface area (Å²) in [4.78, 5) is 13.8. The van der Waals surface area contributed by atoms with Crippen molar-refractivity contribution in [2.24, 2.45) is 11.7 Å². The Morgan fingerprint density at radius 3 is 2.80 bits per heavy atom. The van der Waals surface area contributed by atoms with Crippen LogP contribution >= 0.6 is 0 Å². The average molecular weight is 214 g/mol. The fraction of sp³-hybridized carbons (Fsp3) is 0.909. The predicted octanol–water partition coefficient (Wildman–Crippen LogP) is 0.607. The van der Waals surface area contributed by atoms with E-state index in [0.29, 0.717) is 25.1 Å². The maximum Gasteiger partial charge on any atom is 0.323 e. The Balaban J connectivity index is 2.52. The molecule has 0 aromatic heterocycles. The van der Waals surface area contributed by atoms with E-state index >= 15 is 0 Å². The second-order valence-corrected chi connectivity index (χ2v) is 4.31. The van der Waals surface area contributed by atoms with E-state index in [0.717, 1.165) is 13.0 Å². The highest BCUT2D eigenvalue weighted by atomic mass is 16.5. The lowest BCUT2D eigenvalue weighted by Crippen LogP contribution is -2.42. The zero-order valence-corrected chi connectivity index (χ0v) is 9.90. The summed E-state index contributed by atoms with van der Waals surface area (Å²) in [7, 11) is 0. The molecule has 1 rings (SSSR count). The second kappa shape index (κ2) is 5.47. The van der Waals surface area contributed by atoms with Crippen LogP contribution in [0.25, 0.3) is 0 Å². The lowest BCUT2D eigenvalue weighted by Gasteiger charge is -2.26. The van der Waals surface area contributed by atoms with Crippen molar-refractivity contribution in [3.05, 3.63) is 0 Å². The van der Waals surface area contributed by atoms with Gasteiger partial charge in [-0.05, 0) is 39.7 Å². The fourth-order valence-corrected chi connectivity index (χ4v) is 2.28. The highest BCUT2D eigenvalue weighted by Gasteiger charge is 2.34. The summed E-state index contributed by atoms with van der Waals surface area (Å²) < 4.78 is 5.02. The number of nitrogens with two attached hydrogens (primary N) is 1. The van der Waals surface area contributed by atoms with E-state index in [1.54, 1.807) is 0 Å². The highest BCUT2D eigenvalue weighted by molar-refractivity contribution is 5.75. The van der Waals surface area contributed by atoms with Crippen molar-refractivity contribution in [3.8, 4) is 0 Å². The number of esters is 1. The minimum atomic E-state index is -0.142. The molecule has 0 radical (unpaired) electrons. The zero-order chi connectivity index (χ0) is 11.4. The molecule has 0 aromatic carbocycles. The van der Waals surface area contributed by atoms with E-state index in [2.05, 4.69) is 11.8 Å².